The molecule has 0 unspecified atom stereocenters. The van der Waals surface area contributed by atoms with Gasteiger partial charge in [0.05, 0.1) is 10.4 Å². The molecule has 0 aromatic rings. The maximum absolute atomic E-state index is 11.8. The summed E-state index contributed by atoms with van der Waals surface area (Å²) in [5, 5.41) is 5.64. The molecule has 0 spiro atoms. The normalized spacial score (nSPS) is 15.0. The first-order valence-corrected chi connectivity index (χ1v) is 6.62. The van der Waals surface area contributed by atoms with E-state index in [0.717, 1.165) is 12.8 Å². The smallest absolute Gasteiger partial charge is 0.232 e. The van der Waals surface area contributed by atoms with Crippen molar-refractivity contribution in [1.29, 1.82) is 0 Å². The third-order valence-corrected chi connectivity index (χ3v) is 3.50. The lowest BCUT2D eigenvalue weighted by Crippen LogP contribution is -2.45. The summed E-state index contributed by atoms with van der Waals surface area (Å²) in [6, 6.07) is 0.389. The SMILES string of the molecule is CC(C)(C(=O)NCCCC(=O)NC1CC1)C(N)=S. The molecule has 1 fully saturated rings. The van der Waals surface area contributed by atoms with E-state index in [1.165, 1.54) is 0 Å². The lowest BCUT2D eigenvalue weighted by molar-refractivity contribution is -0.126. The van der Waals surface area contributed by atoms with E-state index in [-0.39, 0.29) is 16.8 Å². The Morgan fingerprint density at radius 2 is 2.00 bits per heavy atom. The second kappa shape index (κ2) is 6.13. The van der Waals surface area contributed by atoms with Crippen LogP contribution < -0.4 is 16.4 Å². The molecule has 6 heteroatoms. The molecular formula is C12H21N3O2S. The maximum atomic E-state index is 11.8. The van der Waals surface area contributed by atoms with Crippen LogP contribution in [0.5, 0.6) is 0 Å². The summed E-state index contributed by atoms with van der Waals surface area (Å²) >= 11 is 4.84. The van der Waals surface area contributed by atoms with Gasteiger partial charge in [-0.2, -0.15) is 0 Å². The molecule has 0 bridgehead atoms. The van der Waals surface area contributed by atoms with Crippen molar-refractivity contribution >= 4 is 29.0 Å². The number of nitrogens with one attached hydrogen (secondary N) is 2. The van der Waals surface area contributed by atoms with Gasteiger partial charge in [0.25, 0.3) is 0 Å². The lowest BCUT2D eigenvalue weighted by Gasteiger charge is -2.21. The fraction of sp³-hybridized carbons (Fsp3) is 0.750. The van der Waals surface area contributed by atoms with E-state index in [4.69, 9.17) is 18.0 Å². The second-order valence-electron chi connectivity index (χ2n) is 5.19. The summed E-state index contributed by atoms with van der Waals surface area (Å²) in [7, 11) is 0. The van der Waals surface area contributed by atoms with Crippen molar-refractivity contribution in [3.8, 4) is 0 Å². The number of hydrogen-bond acceptors (Lipinski definition) is 3. The molecule has 102 valence electrons. The summed E-state index contributed by atoms with van der Waals surface area (Å²) < 4.78 is 0. The maximum Gasteiger partial charge on any atom is 0.232 e. The minimum atomic E-state index is -0.842. The van der Waals surface area contributed by atoms with E-state index < -0.39 is 5.41 Å². The van der Waals surface area contributed by atoms with Crippen LogP contribution in [0.3, 0.4) is 0 Å². The molecule has 0 aliphatic heterocycles. The predicted octanol–water partition coefficient (Wildman–Crippen LogP) is 0.474. The summed E-state index contributed by atoms with van der Waals surface area (Å²) in [6.45, 7) is 3.83. The van der Waals surface area contributed by atoms with E-state index >= 15 is 0 Å². The number of amides is 2. The molecule has 0 aromatic carbocycles. The topological polar surface area (TPSA) is 84.2 Å². The Labute approximate surface area is 113 Å². The molecule has 0 radical (unpaired) electrons. The van der Waals surface area contributed by atoms with E-state index in [1.807, 2.05) is 0 Å². The number of hydrogen-bond donors (Lipinski definition) is 3. The van der Waals surface area contributed by atoms with Crippen molar-refractivity contribution in [2.75, 3.05) is 6.54 Å². The number of carbonyl (C=O) groups excluding carboxylic acids is 2. The highest BCUT2D eigenvalue weighted by Gasteiger charge is 2.30. The van der Waals surface area contributed by atoms with Crippen molar-refractivity contribution in [2.24, 2.45) is 11.1 Å². The highest BCUT2D eigenvalue weighted by molar-refractivity contribution is 7.80. The van der Waals surface area contributed by atoms with Crippen LogP contribution >= 0.6 is 12.2 Å². The van der Waals surface area contributed by atoms with Gasteiger partial charge in [-0.3, -0.25) is 9.59 Å². The third kappa shape index (κ3) is 4.60. The van der Waals surface area contributed by atoms with Crippen LogP contribution in [-0.2, 0) is 9.59 Å². The minimum Gasteiger partial charge on any atom is -0.392 e. The van der Waals surface area contributed by atoms with Crippen molar-refractivity contribution in [2.45, 2.75) is 45.6 Å². The Kier molecular flexibility index (Phi) is 5.07. The van der Waals surface area contributed by atoms with Gasteiger partial charge in [-0.05, 0) is 33.1 Å². The molecule has 0 atom stereocenters. The van der Waals surface area contributed by atoms with Crippen molar-refractivity contribution in [3.63, 3.8) is 0 Å². The molecule has 1 aliphatic rings. The standard InChI is InChI=1S/C12H21N3O2S/c1-12(2,10(13)18)11(17)14-7-3-4-9(16)15-8-5-6-8/h8H,3-7H2,1-2H3,(H2,13,18)(H,14,17)(H,15,16). The highest BCUT2D eigenvalue weighted by atomic mass is 32.1. The van der Waals surface area contributed by atoms with Crippen LogP contribution in [0, 0.1) is 5.41 Å². The zero-order chi connectivity index (χ0) is 13.8. The summed E-state index contributed by atoms with van der Waals surface area (Å²) in [5.74, 6) is -0.141. The molecule has 18 heavy (non-hydrogen) atoms. The second-order valence-corrected chi connectivity index (χ2v) is 5.63. The Morgan fingerprint density at radius 1 is 1.39 bits per heavy atom. The van der Waals surface area contributed by atoms with Gasteiger partial charge in [0.2, 0.25) is 11.8 Å². The summed E-state index contributed by atoms with van der Waals surface area (Å²) in [5.41, 5.74) is 4.65. The van der Waals surface area contributed by atoms with Crippen molar-refractivity contribution in [3.05, 3.63) is 0 Å². The van der Waals surface area contributed by atoms with E-state index in [2.05, 4.69) is 10.6 Å². The molecule has 1 rings (SSSR count). The summed E-state index contributed by atoms with van der Waals surface area (Å²) in [6.07, 6.45) is 3.23. The largest absolute Gasteiger partial charge is 0.392 e. The highest BCUT2D eigenvalue weighted by Crippen LogP contribution is 2.18. The quantitative estimate of drug-likeness (QED) is 0.464. The predicted molar refractivity (Wildman–Crippen MR) is 74.0 cm³/mol. The molecule has 2 amide bonds. The zero-order valence-corrected chi connectivity index (χ0v) is 11.7. The Morgan fingerprint density at radius 3 is 2.50 bits per heavy atom. The zero-order valence-electron chi connectivity index (χ0n) is 10.9. The van der Waals surface area contributed by atoms with Crippen LogP contribution in [0.1, 0.15) is 39.5 Å². The molecular weight excluding hydrogens is 250 g/mol. The van der Waals surface area contributed by atoms with Crippen LogP contribution in [0.4, 0.5) is 0 Å². The van der Waals surface area contributed by atoms with Gasteiger partial charge in [0.15, 0.2) is 0 Å². The molecule has 0 saturated heterocycles. The Bertz CT molecular complexity index is 351. The monoisotopic (exact) mass is 271 g/mol. The third-order valence-electron chi connectivity index (χ3n) is 2.99. The molecule has 1 saturated carbocycles. The average molecular weight is 271 g/mol. The molecule has 4 N–H and O–H groups in total. The first kappa shape index (κ1) is 14.9. The minimum absolute atomic E-state index is 0.0559. The average Bonchev–Trinajstić information content (AvgIpc) is 3.07. The van der Waals surface area contributed by atoms with E-state index in [1.54, 1.807) is 13.8 Å². The van der Waals surface area contributed by atoms with Crippen LogP contribution in [0.25, 0.3) is 0 Å². The van der Waals surface area contributed by atoms with Crippen LogP contribution in [-0.4, -0.2) is 29.4 Å². The van der Waals surface area contributed by atoms with Crippen molar-refractivity contribution < 1.29 is 9.59 Å². The molecule has 0 heterocycles. The van der Waals surface area contributed by atoms with Crippen LogP contribution in [0.2, 0.25) is 0 Å². The van der Waals surface area contributed by atoms with Gasteiger partial charge in [-0.15, -0.1) is 0 Å². The summed E-state index contributed by atoms with van der Waals surface area (Å²) in [4.78, 5) is 23.3. The van der Waals surface area contributed by atoms with Gasteiger partial charge in [-0.25, -0.2) is 0 Å². The van der Waals surface area contributed by atoms with Gasteiger partial charge in [0, 0.05) is 19.0 Å². The number of nitrogens with two attached hydrogens (primary N) is 1. The lowest BCUT2D eigenvalue weighted by atomic mass is 9.92. The fourth-order valence-electron chi connectivity index (χ4n) is 1.31. The number of carbonyl (C=O) groups is 2. The fourth-order valence-corrected chi connectivity index (χ4v) is 1.40. The number of thiocarbonyl (C=S) groups is 1. The van der Waals surface area contributed by atoms with Gasteiger partial charge < -0.3 is 16.4 Å². The number of rotatable bonds is 7. The van der Waals surface area contributed by atoms with Gasteiger partial charge in [0.1, 0.15) is 0 Å². The first-order valence-electron chi connectivity index (χ1n) is 6.21. The van der Waals surface area contributed by atoms with E-state index in [0.29, 0.717) is 25.4 Å². The molecule has 1 aliphatic carbocycles. The molecule has 5 nitrogen and oxygen atoms in total. The van der Waals surface area contributed by atoms with Crippen LogP contribution in [0.15, 0.2) is 0 Å². The Balaban J connectivity index is 2.15. The van der Waals surface area contributed by atoms with Gasteiger partial charge in [-0.1, -0.05) is 12.2 Å². The van der Waals surface area contributed by atoms with E-state index in [9.17, 15) is 9.59 Å². The Hall–Kier alpha value is -1.17. The molecule has 0 aromatic heterocycles. The van der Waals surface area contributed by atoms with Gasteiger partial charge >= 0.3 is 0 Å². The van der Waals surface area contributed by atoms with Crippen molar-refractivity contribution in [1.82, 2.24) is 10.6 Å². The first-order chi connectivity index (χ1) is 8.34.